The lowest BCUT2D eigenvalue weighted by Gasteiger charge is -1.99. The summed E-state index contributed by atoms with van der Waals surface area (Å²) in [5, 5.41) is 9.20. The molecule has 0 bridgehead atoms. The Morgan fingerprint density at radius 1 is 1.05 bits per heavy atom. The van der Waals surface area contributed by atoms with Crippen molar-refractivity contribution in [3.63, 3.8) is 0 Å². The summed E-state index contributed by atoms with van der Waals surface area (Å²) >= 11 is 5.69. The van der Waals surface area contributed by atoms with Crippen LogP contribution in [0.25, 0.3) is 0 Å². The summed E-state index contributed by atoms with van der Waals surface area (Å²) in [7, 11) is -3.81. The Morgan fingerprint density at radius 2 is 1.62 bits per heavy atom. The van der Waals surface area contributed by atoms with Gasteiger partial charge in [-0.05, 0) is 42.0 Å². The van der Waals surface area contributed by atoms with Crippen molar-refractivity contribution in [1.82, 2.24) is 0 Å². The smallest absolute Gasteiger partial charge is 0.335 e. The molecule has 0 aliphatic heterocycles. The van der Waals surface area contributed by atoms with Crippen LogP contribution in [0.15, 0.2) is 57.8 Å². The Bertz CT molecular complexity index is 781. The van der Waals surface area contributed by atoms with E-state index in [0.29, 0.717) is 10.6 Å². The Morgan fingerprint density at radius 3 is 2.14 bits per heavy atom. The third-order valence-corrected chi connectivity index (χ3v) is 4.11. The third-order valence-electron chi connectivity index (χ3n) is 2.61. The minimum Gasteiger partial charge on any atom is -0.478 e. The van der Waals surface area contributed by atoms with Gasteiger partial charge in [-0.25, -0.2) is 4.79 Å². The molecule has 108 valence electrons. The van der Waals surface area contributed by atoms with Crippen molar-refractivity contribution in [1.29, 1.82) is 0 Å². The molecule has 0 saturated carbocycles. The minimum absolute atomic E-state index is 0.0327. The van der Waals surface area contributed by atoms with E-state index in [1.807, 2.05) is 0 Å². The van der Waals surface area contributed by atoms with Gasteiger partial charge in [0.15, 0.2) is 0 Å². The van der Waals surface area contributed by atoms with Gasteiger partial charge in [-0.3, -0.25) is 0 Å². The summed E-state index contributed by atoms with van der Waals surface area (Å²) in [5.41, 5.74) is 0.602. The number of hydrogen-bond acceptors (Lipinski definition) is 3. The van der Waals surface area contributed by atoms with Crippen molar-refractivity contribution in [2.45, 2.75) is 4.90 Å². The molecule has 2 aromatic rings. The fourth-order valence-electron chi connectivity index (χ4n) is 1.51. The molecule has 0 atom stereocenters. The van der Waals surface area contributed by atoms with Crippen LogP contribution in [0.4, 0.5) is 0 Å². The molecule has 0 saturated heterocycles. The predicted octanol–water partition coefficient (Wildman–Crippen LogP) is 2.85. The molecule has 0 spiro atoms. The Balaban J connectivity index is 2.23. The fraction of sp³-hybridized carbons (Fsp3) is 0. The minimum atomic E-state index is -3.81. The largest absolute Gasteiger partial charge is 0.478 e. The molecular weight excluding hydrogens is 314 g/mol. The highest BCUT2D eigenvalue weighted by atomic mass is 35.5. The number of halogens is 1. The van der Waals surface area contributed by atoms with Gasteiger partial charge in [0.25, 0.3) is 10.0 Å². The van der Waals surface area contributed by atoms with E-state index in [2.05, 4.69) is 4.40 Å². The van der Waals surface area contributed by atoms with Crippen molar-refractivity contribution in [2.75, 3.05) is 0 Å². The number of carboxylic acid groups (broad SMARTS) is 1. The molecule has 21 heavy (non-hydrogen) atoms. The topological polar surface area (TPSA) is 83.8 Å². The van der Waals surface area contributed by atoms with Crippen LogP contribution >= 0.6 is 11.6 Å². The van der Waals surface area contributed by atoms with Gasteiger partial charge in [0, 0.05) is 11.2 Å². The number of carbonyl (C=O) groups is 1. The van der Waals surface area contributed by atoms with Crippen molar-refractivity contribution < 1.29 is 18.3 Å². The molecule has 0 radical (unpaired) electrons. The maximum Gasteiger partial charge on any atom is 0.335 e. The Kier molecular flexibility index (Phi) is 4.40. The molecule has 7 heteroatoms. The molecule has 2 rings (SSSR count). The molecule has 2 aromatic carbocycles. The summed E-state index contributed by atoms with van der Waals surface area (Å²) in [6, 6.07) is 11.4. The van der Waals surface area contributed by atoms with E-state index in [4.69, 9.17) is 16.7 Å². The number of carboxylic acids is 1. The first kappa shape index (κ1) is 15.2. The second-order valence-electron chi connectivity index (χ2n) is 4.09. The van der Waals surface area contributed by atoms with Crippen LogP contribution in [0, 0.1) is 0 Å². The van der Waals surface area contributed by atoms with Crippen LogP contribution in [0.1, 0.15) is 15.9 Å². The molecule has 0 aliphatic rings. The maximum absolute atomic E-state index is 12.0. The molecule has 1 N–H and O–H groups in total. The van der Waals surface area contributed by atoms with Gasteiger partial charge < -0.3 is 5.11 Å². The summed E-state index contributed by atoms with van der Waals surface area (Å²) in [6.07, 6.45) is 1.16. The van der Waals surface area contributed by atoms with Gasteiger partial charge >= 0.3 is 5.97 Å². The van der Waals surface area contributed by atoms with Gasteiger partial charge in [0.2, 0.25) is 0 Å². The number of benzene rings is 2. The zero-order chi connectivity index (χ0) is 15.5. The zero-order valence-electron chi connectivity index (χ0n) is 10.6. The molecule has 0 aliphatic carbocycles. The summed E-state index contributed by atoms with van der Waals surface area (Å²) in [4.78, 5) is 10.7. The maximum atomic E-state index is 12.0. The van der Waals surface area contributed by atoms with Crippen LogP contribution in [0.5, 0.6) is 0 Å². The Labute approximate surface area is 126 Å². The van der Waals surface area contributed by atoms with Crippen molar-refractivity contribution in [3.05, 3.63) is 64.7 Å². The summed E-state index contributed by atoms with van der Waals surface area (Å²) in [5.74, 6) is -1.05. The molecule has 5 nitrogen and oxygen atoms in total. The number of sulfonamides is 1. The number of aromatic carboxylic acids is 1. The first-order valence-electron chi connectivity index (χ1n) is 5.78. The third kappa shape index (κ3) is 3.90. The lowest BCUT2D eigenvalue weighted by Crippen LogP contribution is -1.98. The monoisotopic (exact) mass is 323 g/mol. The molecular formula is C14H10ClNO4S. The first-order chi connectivity index (χ1) is 9.88. The average molecular weight is 324 g/mol. The van der Waals surface area contributed by atoms with E-state index in [0.717, 1.165) is 6.21 Å². The fourth-order valence-corrected chi connectivity index (χ4v) is 2.50. The van der Waals surface area contributed by atoms with Crippen LogP contribution in [-0.4, -0.2) is 25.7 Å². The second kappa shape index (κ2) is 6.07. The normalized spacial score (nSPS) is 11.7. The van der Waals surface area contributed by atoms with Crippen molar-refractivity contribution in [2.24, 2.45) is 4.40 Å². The van der Waals surface area contributed by atoms with Gasteiger partial charge in [0.1, 0.15) is 0 Å². The number of rotatable bonds is 4. The highest BCUT2D eigenvalue weighted by Gasteiger charge is 2.11. The molecule has 0 aromatic heterocycles. The average Bonchev–Trinajstić information content (AvgIpc) is 2.46. The van der Waals surface area contributed by atoms with Crippen molar-refractivity contribution in [3.8, 4) is 0 Å². The van der Waals surface area contributed by atoms with E-state index < -0.39 is 16.0 Å². The predicted molar refractivity (Wildman–Crippen MR) is 79.6 cm³/mol. The van der Waals surface area contributed by atoms with Gasteiger partial charge in [-0.15, -0.1) is 0 Å². The number of nitrogens with zero attached hydrogens (tertiary/aromatic N) is 1. The highest BCUT2D eigenvalue weighted by molar-refractivity contribution is 7.90. The van der Waals surface area contributed by atoms with E-state index in [9.17, 15) is 13.2 Å². The lowest BCUT2D eigenvalue weighted by molar-refractivity contribution is 0.0697. The first-order valence-corrected chi connectivity index (χ1v) is 7.59. The zero-order valence-corrected chi connectivity index (χ0v) is 12.2. The molecule has 0 fully saturated rings. The van der Waals surface area contributed by atoms with E-state index >= 15 is 0 Å². The number of hydrogen-bond donors (Lipinski definition) is 1. The SMILES string of the molecule is O=C(O)c1ccc(/C=N/S(=O)(=O)c2ccc(Cl)cc2)cc1. The highest BCUT2D eigenvalue weighted by Crippen LogP contribution is 2.16. The summed E-state index contributed by atoms with van der Waals surface area (Å²) in [6.45, 7) is 0. The standard InChI is InChI=1S/C14H10ClNO4S/c15-12-5-7-13(8-6-12)21(19,20)16-9-10-1-3-11(4-2-10)14(17)18/h1-9H,(H,17,18)/b16-9+. The van der Waals surface area contributed by atoms with Crippen molar-refractivity contribution >= 4 is 33.8 Å². The molecule has 0 unspecified atom stereocenters. The van der Waals surface area contributed by atoms with Crippen LogP contribution in [0.3, 0.4) is 0 Å². The molecule has 0 heterocycles. The molecule has 0 amide bonds. The van der Waals surface area contributed by atoms with Gasteiger partial charge in [-0.2, -0.15) is 12.8 Å². The van der Waals surface area contributed by atoms with Crippen LogP contribution in [-0.2, 0) is 10.0 Å². The van der Waals surface area contributed by atoms with E-state index in [-0.39, 0.29) is 10.5 Å². The lowest BCUT2D eigenvalue weighted by atomic mass is 10.1. The van der Waals surface area contributed by atoms with Crippen LogP contribution < -0.4 is 0 Å². The Hall–Kier alpha value is -2.18. The van der Waals surface area contributed by atoms with Crippen LogP contribution in [0.2, 0.25) is 5.02 Å². The quantitative estimate of drug-likeness (QED) is 0.877. The van der Waals surface area contributed by atoms with Gasteiger partial charge in [-0.1, -0.05) is 23.7 Å². The van der Waals surface area contributed by atoms with Gasteiger partial charge in [0.05, 0.1) is 10.5 Å². The van der Waals surface area contributed by atoms with E-state index in [1.165, 1.54) is 48.5 Å². The second-order valence-corrected chi connectivity index (χ2v) is 6.16. The summed E-state index contributed by atoms with van der Waals surface area (Å²) < 4.78 is 27.5. The van der Waals surface area contributed by atoms with E-state index in [1.54, 1.807) is 0 Å².